The van der Waals surface area contributed by atoms with E-state index in [1.807, 2.05) is 13.0 Å². The van der Waals surface area contributed by atoms with E-state index in [2.05, 4.69) is 20.6 Å². The molecule has 0 atom stereocenters. The van der Waals surface area contributed by atoms with E-state index in [0.717, 1.165) is 11.1 Å². The number of carbonyl (C=O) groups is 2. The summed E-state index contributed by atoms with van der Waals surface area (Å²) in [6.07, 6.45) is 4.78. The highest BCUT2D eigenvalue weighted by Gasteiger charge is 2.13. The Bertz CT molecular complexity index is 977. The SMILES string of the molecule is Cc1c(Cl)cccc1NC(=O)c1cc(C(=O)NCc2cccnc2)ccn1. The lowest BCUT2D eigenvalue weighted by molar-refractivity contribution is 0.0950. The predicted octanol–water partition coefficient (Wildman–Crippen LogP) is 3.62. The van der Waals surface area contributed by atoms with Gasteiger partial charge in [-0.3, -0.25) is 19.6 Å². The molecule has 1 aromatic carbocycles. The van der Waals surface area contributed by atoms with Crippen molar-refractivity contribution in [2.75, 3.05) is 5.32 Å². The summed E-state index contributed by atoms with van der Waals surface area (Å²) >= 11 is 6.07. The zero-order valence-electron chi connectivity index (χ0n) is 14.6. The number of aromatic nitrogens is 2. The molecule has 2 heterocycles. The van der Waals surface area contributed by atoms with Crippen LogP contribution in [0, 0.1) is 6.92 Å². The van der Waals surface area contributed by atoms with Gasteiger partial charge in [-0.15, -0.1) is 0 Å². The van der Waals surface area contributed by atoms with E-state index in [0.29, 0.717) is 22.8 Å². The third kappa shape index (κ3) is 4.68. The van der Waals surface area contributed by atoms with Crippen molar-refractivity contribution in [3.63, 3.8) is 0 Å². The first-order valence-electron chi connectivity index (χ1n) is 8.24. The average molecular weight is 381 g/mol. The van der Waals surface area contributed by atoms with Gasteiger partial charge in [0.25, 0.3) is 11.8 Å². The smallest absolute Gasteiger partial charge is 0.274 e. The van der Waals surface area contributed by atoms with Crippen LogP contribution in [-0.4, -0.2) is 21.8 Å². The standard InChI is InChI=1S/C20H17ClN4O2/c1-13-16(21)5-2-6-17(13)25-20(27)18-10-15(7-9-23-18)19(26)24-12-14-4-3-8-22-11-14/h2-11H,12H2,1H3,(H,24,26)(H,25,27). The fraction of sp³-hybridized carbons (Fsp3) is 0.100. The fourth-order valence-corrected chi connectivity index (χ4v) is 2.59. The van der Waals surface area contributed by atoms with Crippen molar-refractivity contribution in [3.8, 4) is 0 Å². The highest BCUT2D eigenvalue weighted by atomic mass is 35.5. The first-order chi connectivity index (χ1) is 13.0. The third-order valence-electron chi connectivity index (χ3n) is 3.95. The number of carbonyl (C=O) groups excluding carboxylic acids is 2. The molecule has 2 N–H and O–H groups in total. The maximum absolute atomic E-state index is 12.5. The van der Waals surface area contributed by atoms with Gasteiger partial charge in [0.15, 0.2) is 0 Å². The molecule has 3 rings (SSSR count). The zero-order valence-corrected chi connectivity index (χ0v) is 15.3. The van der Waals surface area contributed by atoms with Gasteiger partial charge in [-0.1, -0.05) is 23.7 Å². The Kier molecular flexibility index (Phi) is 5.78. The molecule has 0 aliphatic rings. The summed E-state index contributed by atoms with van der Waals surface area (Å²) in [5.74, 6) is -0.712. The number of nitrogens with one attached hydrogen (secondary N) is 2. The van der Waals surface area contributed by atoms with Crippen LogP contribution in [0.5, 0.6) is 0 Å². The summed E-state index contributed by atoms with van der Waals surface area (Å²) in [4.78, 5) is 32.9. The maximum Gasteiger partial charge on any atom is 0.274 e. The van der Waals surface area contributed by atoms with Gasteiger partial charge in [0.05, 0.1) is 0 Å². The number of pyridine rings is 2. The number of nitrogens with zero attached hydrogens (tertiary/aromatic N) is 2. The molecule has 0 saturated heterocycles. The van der Waals surface area contributed by atoms with E-state index in [4.69, 9.17) is 11.6 Å². The molecular formula is C20H17ClN4O2. The van der Waals surface area contributed by atoms with Crippen LogP contribution in [0.2, 0.25) is 5.02 Å². The van der Waals surface area contributed by atoms with Gasteiger partial charge in [-0.05, 0) is 48.4 Å². The fourth-order valence-electron chi connectivity index (χ4n) is 2.41. The van der Waals surface area contributed by atoms with E-state index in [1.54, 1.807) is 42.7 Å². The zero-order chi connectivity index (χ0) is 19.2. The van der Waals surface area contributed by atoms with Gasteiger partial charge in [0.1, 0.15) is 5.69 Å². The lowest BCUT2D eigenvalue weighted by Gasteiger charge is -2.10. The van der Waals surface area contributed by atoms with E-state index in [-0.39, 0.29) is 11.6 Å². The van der Waals surface area contributed by atoms with Gasteiger partial charge in [0, 0.05) is 41.4 Å². The van der Waals surface area contributed by atoms with Crippen LogP contribution in [0.15, 0.2) is 61.1 Å². The van der Waals surface area contributed by atoms with E-state index in [9.17, 15) is 9.59 Å². The molecule has 27 heavy (non-hydrogen) atoms. The lowest BCUT2D eigenvalue weighted by Crippen LogP contribution is -2.24. The van der Waals surface area contributed by atoms with Crippen molar-refractivity contribution in [1.82, 2.24) is 15.3 Å². The van der Waals surface area contributed by atoms with Crippen LogP contribution < -0.4 is 10.6 Å². The third-order valence-corrected chi connectivity index (χ3v) is 4.36. The number of halogens is 1. The first-order valence-corrected chi connectivity index (χ1v) is 8.62. The second kappa shape index (κ2) is 8.42. The summed E-state index contributed by atoms with van der Waals surface area (Å²) in [6, 6.07) is 11.9. The monoisotopic (exact) mass is 380 g/mol. The summed E-state index contributed by atoms with van der Waals surface area (Å²) in [6.45, 7) is 2.16. The van der Waals surface area contributed by atoms with Crippen molar-refractivity contribution in [3.05, 3.63) is 88.5 Å². The number of rotatable bonds is 5. The minimum absolute atomic E-state index is 0.142. The van der Waals surface area contributed by atoms with E-state index in [1.165, 1.54) is 12.3 Å². The molecule has 0 fully saturated rings. The number of benzene rings is 1. The molecular weight excluding hydrogens is 364 g/mol. The second-order valence-corrected chi connectivity index (χ2v) is 6.25. The molecule has 0 radical (unpaired) electrons. The van der Waals surface area contributed by atoms with Gasteiger partial charge in [-0.25, -0.2) is 0 Å². The second-order valence-electron chi connectivity index (χ2n) is 5.84. The molecule has 136 valence electrons. The number of anilines is 1. The van der Waals surface area contributed by atoms with Crippen LogP contribution in [0.25, 0.3) is 0 Å². The highest BCUT2D eigenvalue weighted by Crippen LogP contribution is 2.23. The van der Waals surface area contributed by atoms with Gasteiger partial charge < -0.3 is 10.6 Å². The van der Waals surface area contributed by atoms with Crippen LogP contribution in [0.4, 0.5) is 5.69 Å². The van der Waals surface area contributed by atoms with Crippen LogP contribution in [0.3, 0.4) is 0 Å². The Morgan fingerprint density at radius 1 is 1.07 bits per heavy atom. The maximum atomic E-state index is 12.5. The van der Waals surface area contributed by atoms with Crippen molar-refractivity contribution in [2.24, 2.45) is 0 Å². The Morgan fingerprint density at radius 3 is 2.70 bits per heavy atom. The largest absolute Gasteiger partial charge is 0.348 e. The molecule has 0 aliphatic carbocycles. The Morgan fingerprint density at radius 2 is 1.93 bits per heavy atom. The Balaban J connectivity index is 1.70. The summed E-state index contributed by atoms with van der Waals surface area (Å²) in [5.41, 5.74) is 2.73. The molecule has 0 aliphatic heterocycles. The quantitative estimate of drug-likeness (QED) is 0.708. The Hall–Kier alpha value is -3.25. The molecule has 3 aromatic rings. The number of hydrogen-bond acceptors (Lipinski definition) is 4. The molecule has 2 amide bonds. The van der Waals surface area contributed by atoms with Crippen molar-refractivity contribution >= 4 is 29.1 Å². The topological polar surface area (TPSA) is 84.0 Å². The van der Waals surface area contributed by atoms with Gasteiger partial charge in [-0.2, -0.15) is 0 Å². The highest BCUT2D eigenvalue weighted by molar-refractivity contribution is 6.31. The summed E-state index contributed by atoms with van der Waals surface area (Å²) < 4.78 is 0. The number of amides is 2. The van der Waals surface area contributed by atoms with Gasteiger partial charge >= 0.3 is 0 Å². The lowest BCUT2D eigenvalue weighted by atomic mass is 10.1. The van der Waals surface area contributed by atoms with Crippen LogP contribution in [0.1, 0.15) is 32.0 Å². The van der Waals surface area contributed by atoms with Crippen molar-refractivity contribution in [2.45, 2.75) is 13.5 Å². The average Bonchev–Trinajstić information content (AvgIpc) is 2.70. The molecule has 0 unspecified atom stereocenters. The first kappa shape index (κ1) is 18.5. The predicted molar refractivity (Wildman–Crippen MR) is 104 cm³/mol. The summed E-state index contributed by atoms with van der Waals surface area (Å²) in [5, 5.41) is 6.12. The molecule has 0 saturated carbocycles. The van der Waals surface area contributed by atoms with Crippen molar-refractivity contribution < 1.29 is 9.59 Å². The number of hydrogen-bond donors (Lipinski definition) is 2. The van der Waals surface area contributed by atoms with E-state index < -0.39 is 5.91 Å². The molecule has 6 nitrogen and oxygen atoms in total. The van der Waals surface area contributed by atoms with Gasteiger partial charge in [0.2, 0.25) is 0 Å². The minimum Gasteiger partial charge on any atom is -0.348 e. The minimum atomic E-state index is -0.415. The molecule has 0 bridgehead atoms. The van der Waals surface area contributed by atoms with Crippen LogP contribution in [-0.2, 0) is 6.54 Å². The molecule has 0 spiro atoms. The van der Waals surface area contributed by atoms with Crippen LogP contribution >= 0.6 is 11.6 Å². The summed E-state index contributed by atoms with van der Waals surface area (Å²) in [7, 11) is 0. The molecule has 7 heteroatoms. The normalized spacial score (nSPS) is 10.3. The Labute approximate surface area is 161 Å². The molecule has 2 aromatic heterocycles. The van der Waals surface area contributed by atoms with Crippen molar-refractivity contribution in [1.29, 1.82) is 0 Å². The van der Waals surface area contributed by atoms with E-state index >= 15 is 0 Å².